The van der Waals surface area contributed by atoms with Crippen molar-refractivity contribution in [2.45, 2.75) is 31.7 Å². The Morgan fingerprint density at radius 1 is 1.29 bits per heavy atom. The van der Waals surface area contributed by atoms with Crippen LogP contribution in [-0.4, -0.2) is 63.9 Å². The maximum atomic E-state index is 14.8. The zero-order valence-corrected chi connectivity index (χ0v) is 18.3. The Labute approximate surface area is 195 Å². The fourth-order valence-corrected chi connectivity index (χ4v) is 3.86. The van der Waals surface area contributed by atoms with Gasteiger partial charge >= 0.3 is 12.8 Å². The van der Waals surface area contributed by atoms with Crippen LogP contribution < -0.4 is 10.1 Å². The van der Waals surface area contributed by atoms with Gasteiger partial charge in [-0.05, 0) is 50.7 Å². The van der Waals surface area contributed by atoms with Crippen LogP contribution in [-0.2, 0) is 11.0 Å². The van der Waals surface area contributed by atoms with Crippen LogP contribution in [0, 0.1) is 5.82 Å². The fraction of sp³-hybridized carbons (Fsp3) is 0.381. The predicted octanol–water partition coefficient (Wildman–Crippen LogP) is 4.36. The lowest BCUT2D eigenvalue weighted by molar-refractivity contribution is -0.138. The number of hydrogen-bond acceptors (Lipinski definition) is 6. The Morgan fingerprint density at radius 2 is 2.00 bits per heavy atom. The second-order valence-corrected chi connectivity index (χ2v) is 7.69. The van der Waals surface area contributed by atoms with Crippen molar-refractivity contribution >= 4 is 17.9 Å². The molecule has 1 aliphatic rings. The second-order valence-electron chi connectivity index (χ2n) is 7.69. The third kappa shape index (κ3) is 6.12. The predicted molar refractivity (Wildman–Crippen MR) is 113 cm³/mol. The third-order valence-electron chi connectivity index (χ3n) is 5.26. The number of nitrogens with zero attached hydrogens (tertiary/aromatic N) is 4. The molecule has 1 saturated heterocycles. The summed E-state index contributed by atoms with van der Waals surface area (Å²) in [7, 11) is 1.99. The molecule has 1 atom stereocenters. The average molecular weight is 505 g/mol. The number of benzene rings is 1. The number of halogens is 6. The minimum Gasteiger partial charge on any atom is -0.483 e. The molecule has 0 saturated carbocycles. The highest BCUT2D eigenvalue weighted by Gasteiger charge is 2.34. The summed E-state index contributed by atoms with van der Waals surface area (Å²) in [5, 5.41) is 18.2. The van der Waals surface area contributed by atoms with Gasteiger partial charge in [0.2, 0.25) is 5.95 Å². The molecule has 2 aromatic heterocycles. The summed E-state index contributed by atoms with van der Waals surface area (Å²) in [5.41, 5.74) is -2.03. The van der Waals surface area contributed by atoms with E-state index in [9.17, 15) is 26.3 Å². The van der Waals surface area contributed by atoms with Gasteiger partial charge in [0.1, 0.15) is 17.3 Å². The van der Waals surface area contributed by atoms with E-state index >= 15 is 0 Å². The molecule has 0 unspecified atom stereocenters. The van der Waals surface area contributed by atoms with Gasteiger partial charge in [-0.15, -0.1) is 10.2 Å². The molecule has 8 nitrogen and oxygen atoms in total. The molecule has 4 rings (SSSR count). The Balaban J connectivity index is 0.00000108. The van der Waals surface area contributed by atoms with Gasteiger partial charge in [-0.1, -0.05) is 0 Å². The van der Waals surface area contributed by atoms with Crippen molar-refractivity contribution in [3.63, 3.8) is 0 Å². The summed E-state index contributed by atoms with van der Waals surface area (Å²) in [6, 6.07) is 3.77. The van der Waals surface area contributed by atoms with Gasteiger partial charge in [-0.2, -0.15) is 22.0 Å². The highest BCUT2D eigenvalue weighted by atomic mass is 19.4. The largest absolute Gasteiger partial charge is 0.483 e. The molecule has 2 N–H and O–H groups in total. The number of anilines is 1. The number of aromatic nitrogens is 3. The van der Waals surface area contributed by atoms with Gasteiger partial charge in [0.15, 0.2) is 0 Å². The van der Waals surface area contributed by atoms with Gasteiger partial charge in [-0.3, -0.25) is 9.20 Å². The van der Waals surface area contributed by atoms with Crippen LogP contribution in [0.2, 0.25) is 0 Å². The van der Waals surface area contributed by atoms with Crippen LogP contribution in [0.5, 0.6) is 5.75 Å². The summed E-state index contributed by atoms with van der Waals surface area (Å²) in [4.78, 5) is 10.5. The van der Waals surface area contributed by atoms with Gasteiger partial charge in [0, 0.05) is 18.8 Å². The van der Waals surface area contributed by atoms with Crippen LogP contribution in [0.4, 0.5) is 32.3 Å². The fourth-order valence-electron chi connectivity index (χ4n) is 3.86. The van der Waals surface area contributed by atoms with Crippen molar-refractivity contribution in [1.29, 1.82) is 0 Å². The zero-order valence-electron chi connectivity index (χ0n) is 18.3. The smallest absolute Gasteiger partial charge is 0.416 e. The van der Waals surface area contributed by atoms with Crippen LogP contribution in [0.1, 0.15) is 18.4 Å². The SMILES string of the molecule is CN1CCC[C@@H](Nc2nnc(-c3c(F)cc(C(F)(F)F)cc3OC(F)F)c3cccn23)C1.O=CO. The minimum atomic E-state index is -4.95. The first-order chi connectivity index (χ1) is 16.5. The molecule has 1 aliphatic heterocycles. The third-order valence-corrected chi connectivity index (χ3v) is 5.26. The Kier molecular flexibility index (Phi) is 8.04. The molecule has 0 aliphatic carbocycles. The molecule has 0 amide bonds. The monoisotopic (exact) mass is 505 g/mol. The molecule has 3 heterocycles. The van der Waals surface area contributed by atoms with Crippen molar-refractivity contribution in [2.24, 2.45) is 0 Å². The quantitative estimate of drug-likeness (QED) is 0.393. The van der Waals surface area contributed by atoms with E-state index in [2.05, 4.69) is 25.2 Å². The first kappa shape index (κ1) is 26.1. The molecule has 0 bridgehead atoms. The molecule has 14 heteroatoms. The van der Waals surface area contributed by atoms with E-state index < -0.39 is 35.5 Å². The van der Waals surface area contributed by atoms with E-state index in [1.54, 1.807) is 16.7 Å². The number of ether oxygens (including phenoxy) is 1. The Hall–Kier alpha value is -3.55. The number of carboxylic acid groups (broad SMARTS) is 1. The number of hydrogen-bond donors (Lipinski definition) is 2. The number of likely N-dealkylation sites (tertiary alicyclic amines) is 1. The van der Waals surface area contributed by atoms with Crippen molar-refractivity contribution in [1.82, 2.24) is 19.5 Å². The number of fused-ring (bicyclic) bond motifs is 1. The van der Waals surface area contributed by atoms with Gasteiger partial charge in [0.25, 0.3) is 6.47 Å². The molecule has 3 aromatic rings. The molecule has 35 heavy (non-hydrogen) atoms. The second kappa shape index (κ2) is 10.8. The van der Waals surface area contributed by atoms with E-state index in [0.29, 0.717) is 12.0 Å². The van der Waals surface area contributed by atoms with E-state index in [1.165, 1.54) is 6.07 Å². The number of rotatable bonds is 5. The van der Waals surface area contributed by atoms with Crippen molar-refractivity contribution in [3.05, 3.63) is 41.8 Å². The van der Waals surface area contributed by atoms with E-state index in [-0.39, 0.29) is 29.8 Å². The van der Waals surface area contributed by atoms with Crippen LogP contribution in [0.25, 0.3) is 16.8 Å². The maximum absolute atomic E-state index is 14.8. The number of nitrogens with one attached hydrogen (secondary N) is 1. The van der Waals surface area contributed by atoms with Crippen molar-refractivity contribution < 1.29 is 41.0 Å². The Bertz CT molecular complexity index is 1170. The summed E-state index contributed by atoms with van der Waals surface area (Å²) >= 11 is 0. The van der Waals surface area contributed by atoms with Crippen LogP contribution >= 0.6 is 0 Å². The lowest BCUT2D eigenvalue weighted by Gasteiger charge is -2.30. The number of piperidine rings is 1. The molecular formula is C21H21F6N5O3. The molecule has 190 valence electrons. The maximum Gasteiger partial charge on any atom is 0.416 e. The first-order valence-corrected chi connectivity index (χ1v) is 10.3. The van der Waals surface area contributed by atoms with Crippen LogP contribution in [0.3, 0.4) is 0 Å². The molecule has 1 fully saturated rings. The summed E-state index contributed by atoms with van der Waals surface area (Å²) in [5.74, 6) is -2.03. The zero-order chi connectivity index (χ0) is 25.8. The number of likely N-dealkylation sites (N-methyl/N-ethyl adjacent to an activating group) is 1. The van der Waals surface area contributed by atoms with Gasteiger partial charge < -0.3 is 20.1 Å². The lowest BCUT2D eigenvalue weighted by Crippen LogP contribution is -2.40. The topological polar surface area (TPSA) is 92.0 Å². The standard InChI is InChI=1S/C20H19F6N5O.CH2O2/c1-30-6-2-4-12(10-30)27-19-29-28-17(14-5-3-7-31(14)19)16-13(21)8-11(20(24,25)26)9-15(16)32-18(22)23;2-1-3/h3,5,7-9,12,18H,2,4,6,10H2,1H3,(H,27,29);1H,(H,2,3)/t12-;/m1./s1. The molecule has 0 spiro atoms. The van der Waals surface area contributed by atoms with Gasteiger partial charge in [0.05, 0.1) is 16.6 Å². The molecular weight excluding hydrogens is 484 g/mol. The van der Waals surface area contributed by atoms with E-state index in [0.717, 1.165) is 25.9 Å². The van der Waals surface area contributed by atoms with Crippen molar-refractivity contribution in [3.8, 4) is 17.0 Å². The minimum absolute atomic E-state index is 0.0834. The summed E-state index contributed by atoms with van der Waals surface area (Å²) in [6.07, 6.45) is -1.45. The normalized spacial score (nSPS) is 16.6. The first-order valence-electron chi connectivity index (χ1n) is 10.3. The lowest BCUT2D eigenvalue weighted by atomic mass is 10.0. The molecule has 0 radical (unpaired) electrons. The van der Waals surface area contributed by atoms with E-state index in [4.69, 9.17) is 9.90 Å². The molecule has 1 aromatic carbocycles. The summed E-state index contributed by atoms with van der Waals surface area (Å²) in [6.45, 7) is -1.97. The summed E-state index contributed by atoms with van der Waals surface area (Å²) < 4.78 is 85.6. The van der Waals surface area contributed by atoms with Gasteiger partial charge in [-0.25, -0.2) is 4.39 Å². The van der Waals surface area contributed by atoms with Crippen molar-refractivity contribution in [2.75, 3.05) is 25.5 Å². The highest BCUT2D eigenvalue weighted by Crippen LogP contribution is 2.40. The highest BCUT2D eigenvalue weighted by molar-refractivity contribution is 5.82. The van der Waals surface area contributed by atoms with Crippen LogP contribution in [0.15, 0.2) is 30.5 Å². The average Bonchev–Trinajstić information content (AvgIpc) is 3.25. The number of carbonyl (C=O) groups is 1. The number of alkyl halides is 5. The van der Waals surface area contributed by atoms with E-state index in [1.807, 2.05) is 7.05 Å². The Morgan fingerprint density at radius 3 is 2.63 bits per heavy atom.